The zero-order valence-electron chi connectivity index (χ0n) is 10.1. The third kappa shape index (κ3) is 3.05. The topological polar surface area (TPSA) is 98.3 Å². The van der Waals surface area contributed by atoms with Crippen LogP contribution < -0.4 is 10.5 Å². The number of hydrogen-bond acceptors (Lipinski definition) is 5. The quantitative estimate of drug-likeness (QED) is 0.831. The number of amides is 1. The summed E-state index contributed by atoms with van der Waals surface area (Å²) < 4.78 is 5.57. The number of aliphatic hydroxyl groups is 1. The molecule has 2 rings (SSSR count). The molecule has 0 aliphatic carbocycles. The molecule has 0 fully saturated rings. The summed E-state index contributed by atoms with van der Waals surface area (Å²) in [5.74, 6) is -0.136. The van der Waals surface area contributed by atoms with Gasteiger partial charge in [-0.2, -0.15) is 0 Å². The number of hydrogen-bond donors (Lipinski definition) is 2. The summed E-state index contributed by atoms with van der Waals surface area (Å²) in [7, 11) is 0. The van der Waals surface area contributed by atoms with Crippen LogP contribution in [-0.2, 0) is 6.42 Å². The third-order valence-corrected chi connectivity index (χ3v) is 2.46. The SMILES string of the molecule is NC(=O)c1nccnc1Oc1ccccc1CCO. The number of ether oxygens (including phenoxy) is 1. The van der Waals surface area contributed by atoms with Gasteiger partial charge in [-0.15, -0.1) is 0 Å². The molecule has 2 aromatic rings. The molecule has 0 saturated heterocycles. The van der Waals surface area contributed by atoms with Gasteiger partial charge in [0.25, 0.3) is 11.8 Å². The van der Waals surface area contributed by atoms with Crippen molar-refractivity contribution < 1.29 is 14.6 Å². The zero-order chi connectivity index (χ0) is 13.7. The Kier molecular flexibility index (Phi) is 4.04. The Morgan fingerprint density at radius 3 is 2.74 bits per heavy atom. The molecule has 6 heteroatoms. The molecule has 0 aliphatic rings. The number of para-hydroxylation sites is 1. The van der Waals surface area contributed by atoms with Crippen LogP contribution in [0.5, 0.6) is 11.6 Å². The number of nitrogens with two attached hydrogens (primary N) is 1. The second-order valence-electron chi connectivity index (χ2n) is 3.76. The molecule has 0 saturated carbocycles. The highest BCUT2D eigenvalue weighted by Gasteiger charge is 2.14. The first-order chi connectivity index (χ1) is 9.22. The highest BCUT2D eigenvalue weighted by atomic mass is 16.5. The molecule has 19 heavy (non-hydrogen) atoms. The maximum atomic E-state index is 11.2. The van der Waals surface area contributed by atoms with Crippen LogP contribution in [0.2, 0.25) is 0 Å². The first kappa shape index (κ1) is 13.0. The van der Waals surface area contributed by atoms with E-state index in [1.54, 1.807) is 12.1 Å². The van der Waals surface area contributed by atoms with Crippen LogP contribution in [0.25, 0.3) is 0 Å². The van der Waals surface area contributed by atoms with Crippen LogP contribution >= 0.6 is 0 Å². The molecule has 1 aromatic heterocycles. The van der Waals surface area contributed by atoms with E-state index in [-0.39, 0.29) is 18.2 Å². The summed E-state index contributed by atoms with van der Waals surface area (Å²) in [5.41, 5.74) is 5.99. The maximum Gasteiger partial charge on any atom is 0.272 e. The number of aliphatic hydroxyl groups excluding tert-OH is 1. The lowest BCUT2D eigenvalue weighted by atomic mass is 10.1. The summed E-state index contributed by atoms with van der Waals surface area (Å²) in [5, 5.41) is 9.00. The summed E-state index contributed by atoms with van der Waals surface area (Å²) in [6.45, 7) is 0.00349. The molecule has 1 aromatic carbocycles. The number of nitrogens with zero attached hydrogens (tertiary/aromatic N) is 2. The van der Waals surface area contributed by atoms with Crippen molar-refractivity contribution in [2.75, 3.05) is 6.61 Å². The molecule has 0 aliphatic heterocycles. The molecule has 0 atom stereocenters. The van der Waals surface area contributed by atoms with Crippen molar-refractivity contribution in [2.24, 2.45) is 5.73 Å². The van der Waals surface area contributed by atoms with E-state index in [1.165, 1.54) is 12.4 Å². The molecule has 0 unspecified atom stereocenters. The fraction of sp³-hybridized carbons (Fsp3) is 0.154. The highest BCUT2D eigenvalue weighted by Crippen LogP contribution is 2.25. The highest BCUT2D eigenvalue weighted by molar-refractivity contribution is 5.92. The van der Waals surface area contributed by atoms with Crippen molar-refractivity contribution in [3.8, 4) is 11.6 Å². The first-order valence-electron chi connectivity index (χ1n) is 5.70. The van der Waals surface area contributed by atoms with Gasteiger partial charge < -0.3 is 15.6 Å². The average Bonchev–Trinajstić information content (AvgIpc) is 2.42. The van der Waals surface area contributed by atoms with Crippen LogP contribution in [0, 0.1) is 0 Å². The van der Waals surface area contributed by atoms with Gasteiger partial charge in [-0.3, -0.25) is 4.79 Å². The van der Waals surface area contributed by atoms with Crippen molar-refractivity contribution in [3.05, 3.63) is 47.9 Å². The number of carbonyl (C=O) groups excluding carboxylic acids is 1. The predicted octanol–water partition coefficient (Wildman–Crippen LogP) is 0.903. The van der Waals surface area contributed by atoms with Crippen molar-refractivity contribution >= 4 is 5.91 Å². The fourth-order valence-electron chi connectivity index (χ4n) is 1.60. The lowest BCUT2D eigenvalue weighted by Crippen LogP contribution is -2.15. The fourth-order valence-corrected chi connectivity index (χ4v) is 1.60. The van der Waals surface area contributed by atoms with Gasteiger partial charge >= 0.3 is 0 Å². The largest absolute Gasteiger partial charge is 0.437 e. The smallest absolute Gasteiger partial charge is 0.272 e. The zero-order valence-corrected chi connectivity index (χ0v) is 10.1. The molecular weight excluding hydrogens is 246 g/mol. The van der Waals surface area contributed by atoms with Crippen LogP contribution in [0.3, 0.4) is 0 Å². The van der Waals surface area contributed by atoms with E-state index in [2.05, 4.69) is 9.97 Å². The van der Waals surface area contributed by atoms with E-state index in [9.17, 15) is 4.79 Å². The van der Waals surface area contributed by atoms with Gasteiger partial charge in [-0.1, -0.05) is 18.2 Å². The molecule has 0 radical (unpaired) electrons. The molecule has 98 valence electrons. The second-order valence-corrected chi connectivity index (χ2v) is 3.76. The van der Waals surface area contributed by atoms with Crippen molar-refractivity contribution in [1.82, 2.24) is 9.97 Å². The van der Waals surface area contributed by atoms with Gasteiger partial charge in [0, 0.05) is 19.0 Å². The minimum absolute atomic E-state index is 0.00349. The molecule has 0 bridgehead atoms. The van der Waals surface area contributed by atoms with Crippen LogP contribution in [0.1, 0.15) is 16.1 Å². The molecule has 1 heterocycles. The Morgan fingerprint density at radius 1 is 1.26 bits per heavy atom. The molecule has 6 nitrogen and oxygen atoms in total. The van der Waals surface area contributed by atoms with E-state index in [0.717, 1.165) is 5.56 Å². The van der Waals surface area contributed by atoms with Gasteiger partial charge in [-0.25, -0.2) is 9.97 Å². The normalized spacial score (nSPS) is 10.2. The molecule has 3 N–H and O–H groups in total. The predicted molar refractivity (Wildman–Crippen MR) is 67.9 cm³/mol. The Bertz CT molecular complexity index is 587. The minimum Gasteiger partial charge on any atom is -0.437 e. The Labute approximate surface area is 109 Å². The van der Waals surface area contributed by atoms with Crippen molar-refractivity contribution in [2.45, 2.75) is 6.42 Å². The molecule has 0 spiro atoms. The van der Waals surface area contributed by atoms with E-state index >= 15 is 0 Å². The maximum absolute atomic E-state index is 11.2. The number of rotatable bonds is 5. The van der Waals surface area contributed by atoms with Crippen molar-refractivity contribution in [3.63, 3.8) is 0 Å². The summed E-state index contributed by atoms with van der Waals surface area (Å²) >= 11 is 0. The second kappa shape index (κ2) is 5.92. The monoisotopic (exact) mass is 259 g/mol. The Balaban J connectivity index is 2.34. The van der Waals surface area contributed by atoms with Crippen molar-refractivity contribution in [1.29, 1.82) is 0 Å². The van der Waals surface area contributed by atoms with E-state index < -0.39 is 5.91 Å². The lowest BCUT2D eigenvalue weighted by molar-refractivity contribution is 0.0992. The van der Waals surface area contributed by atoms with Gasteiger partial charge in [0.15, 0.2) is 5.69 Å². The summed E-state index contributed by atoms with van der Waals surface area (Å²) in [6.07, 6.45) is 3.23. The van der Waals surface area contributed by atoms with Crippen LogP contribution in [-0.4, -0.2) is 27.6 Å². The Morgan fingerprint density at radius 2 is 2.00 bits per heavy atom. The number of primary amides is 1. The molecule has 1 amide bonds. The van der Waals surface area contributed by atoms with Gasteiger partial charge in [0.1, 0.15) is 5.75 Å². The number of benzene rings is 1. The Hall–Kier alpha value is -2.47. The van der Waals surface area contributed by atoms with Gasteiger partial charge in [0.05, 0.1) is 0 Å². The van der Waals surface area contributed by atoms with Crippen LogP contribution in [0.15, 0.2) is 36.7 Å². The molecular formula is C13H13N3O3. The lowest BCUT2D eigenvalue weighted by Gasteiger charge is -2.10. The number of aromatic nitrogens is 2. The van der Waals surface area contributed by atoms with E-state index in [1.807, 2.05) is 12.1 Å². The first-order valence-corrected chi connectivity index (χ1v) is 5.70. The number of carbonyl (C=O) groups is 1. The van der Waals surface area contributed by atoms with Gasteiger partial charge in [-0.05, 0) is 18.1 Å². The van der Waals surface area contributed by atoms with E-state index in [4.69, 9.17) is 15.6 Å². The minimum atomic E-state index is -0.706. The third-order valence-electron chi connectivity index (χ3n) is 2.46. The van der Waals surface area contributed by atoms with Crippen LogP contribution in [0.4, 0.5) is 0 Å². The standard InChI is InChI=1S/C13H13N3O3/c14-12(18)11-13(16-7-6-15-11)19-10-4-2-1-3-9(10)5-8-17/h1-4,6-7,17H,5,8H2,(H2,14,18). The average molecular weight is 259 g/mol. The van der Waals surface area contributed by atoms with E-state index in [0.29, 0.717) is 12.2 Å². The summed E-state index contributed by atoms with van der Waals surface area (Å²) in [6, 6.07) is 7.18. The van der Waals surface area contributed by atoms with Gasteiger partial charge in [0.2, 0.25) is 0 Å². The summed E-state index contributed by atoms with van der Waals surface area (Å²) in [4.78, 5) is 19.0.